The van der Waals surface area contributed by atoms with Gasteiger partial charge in [-0.25, -0.2) is 8.42 Å². The van der Waals surface area contributed by atoms with Gasteiger partial charge >= 0.3 is 5.51 Å². The van der Waals surface area contributed by atoms with E-state index in [1.807, 2.05) is 0 Å². The van der Waals surface area contributed by atoms with Crippen LogP contribution >= 0.6 is 0 Å². The van der Waals surface area contributed by atoms with E-state index in [2.05, 4.69) is 40.3 Å². The smallest absolute Gasteiger partial charge is 0.485 e. The molecule has 2 atom stereocenters. The second-order valence-corrected chi connectivity index (χ2v) is 7.03. The molecule has 9 heteroatoms. The molecule has 0 amide bonds. The Balaban J connectivity index is 0.000000207. The number of hydrogen-bond acceptors (Lipinski definition) is 4. The number of aromatic nitrogens is 1. The molecule has 0 aromatic carbocycles. The number of fused-ring (bicyclic) bond motifs is 1. The molecule has 1 aromatic rings. The summed E-state index contributed by atoms with van der Waals surface area (Å²) >= 11 is 0. The number of pyridine rings is 1. The van der Waals surface area contributed by atoms with E-state index in [9.17, 15) is 13.2 Å². The zero-order valence-electron chi connectivity index (χ0n) is 12.4. The summed E-state index contributed by atoms with van der Waals surface area (Å²) in [7, 11) is -6.09. The van der Waals surface area contributed by atoms with Crippen molar-refractivity contribution < 1.29 is 30.8 Å². The molecule has 0 radical (unpaired) electrons. The van der Waals surface area contributed by atoms with Gasteiger partial charge in [-0.2, -0.15) is 18.2 Å². The summed E-state index contributed by atoms with van der Waals surface area (Å²) in [5, 5.41) is 2.55. The standard InChI is InChI=1S/C13H19N2.CHF3O3S/c1-2-5-9-13-12(8-4-1)15(13)14-10-6-3-7-11-14;2-1(3,4)8(5,6)7/h3,6-7,10-13H,1-2,4-5,8-9H2;(H,5,6,7)/q+1;/p-1. The van der Waals surface area contributed by atoms with E-state index in [1.54, 1.807) is 0 Å². The minimum atomic E-state index is -6.09. The lowest BCUT2D eigenvalue weighted by Gasteiger charge is -2.08. The van der Waals surface area contributed by atoms with E-state index in [0.717, 1.165) is 12.1 Å². The number of hydrogen-bond donors (Lipinski definition) is 0. The van der Waals surface area contributed by atoms with Crippen molar-refractivity contribution in [2.45, 2.75) is 56.1 Å². The van der Waals surface area contributed by atoms with Gasteiger partial charge in [0.15, 0.2) is 22.5 Å². The third-order valence-electron chi connectivity index (χ3n) is 4.03. The maximum atomic E-state index is 10.7. The van der Waals surface area contributed by atoms with Gasteiger partial charge in [-0.3, -0.25) is 0 Å². The van der Waals surface area contributed by atoms with Crippen LogP contribution in [0, 0.1) is 0 Å². The lowest BCUT2D eigenvalue weighted by Crippen LogP contribution is -2.46. The van der Waals surface area contributed by atoms with Crippen molar-refractivity contribution in [3.05, 3.63) is 30.6 Å². The quantitative estimate of drug-likeness (QED) is 0.336. The Kier molecular flexibility index (Phi) is 5.51. The molecular weight excluding hydrogens is 333 g/mol. The van der Waals surface area contributed by atoms with Gasteiger partial charge in [0.2, 0.25) is 0 Å². The summed E-state index contributed by atoms with van der Waals surface area (Å²) in [4.78, 5) is 0. The first-order valence-corrected chi connectivity index (χ1v) is 8.90. The van der Waals surface area contributed by atoms with Crippen molar-refractivity contribution in [1.29, 1.82) is 0 Å². The number of nitrogens with zero attached hydrogens (tertiary/aromatic N) is 2. The zero-order valence-corrected chi connectivity index (χ0v) is 13.3. The van der Waals surface area contributed by atoms with Crippen LogP contribution in [0.15, 0.2) is 30.6 Å². The van der Waals surface area contributed by atoms with E-state index < -0.39 is 15.6 Å². The van der Waals surface area contributed by atoms with Crippen molar-refractivity contribution in [1.82, 2.24) is 0 Å². The fourth-order valence-corrected chi connectivity index (χ4v) is 2.92. The van der Waals surface area contributed by atoms with Gasteiger partial charge in [-0.1, -0.05) is 36.4 Å². The predicted molar refractivity (Wildman–Crippen MR) is 75.9 cm³/mol. The van der Waals surface area contributed by atoms with Gasteiger partial charge in [0.1, 0.15) is 12.1 Å². The first-order valence-electron chi connectivity index (χ1n) is 7.49. The highest BCUT2D eigenvalue weighted by atomic mass is 32.2. The normalized spacial score (nSPS) is 24.6. The van der Waals surface area contributed by atoms with E-state index in [-0.39, 0.29) is 0 Å². The molecule has 1 aromatic heterocycles. The Labute approximate surface area is 133 Å². The summed E-state index contributed by atoms with van der Waals surface area (Å²) in [6.45, 7) is 0. The third-order valence-corrected chi connectivity index (χ3v) is 4.60. The van der Waals surface area contributed by atoms with Crippen LogP contribution in [0.4, 0.5) is 13.2 Å². The molecule has 1 aliphatic heterocycles. The van der Waals surface area contributed by atoms with Crippen LogP contribution in [0.1, 0.15) is 38.5 Å². The molecule has 2 heterocycles. The zero-order chi connectivity index (χ0) is 17.1. The molecule has 1 aliphatic carbocycles. The molecule has 0 N–H and O–H groups in total. The summed E-state index contributed by atoms with van der Waals surface area (Å²) in [6.07, 6.45) is 12.9. The highest BCUT2D eigenvalue weighted by Gasteiger charge is 2.53. The Morgan fingerprint density at radius 3 is 1.78 bits per heavy atom. The lowest BCUT2D eigenvalue weighted by atomic mass is 10.0. The maximum absolute atomic E-state index is 10.7. The molecule has 1 saturated heterocycles. The molecule has 1 saturated carbocycles. The Morgan fingerprint density at radius 1 is 0.957 bits per heavy atom. The molecule has 0 bridgehead atoms. The largest absolute Gasteiger partial charge is 0.741 e. The second-order valence-electron chi connectivity index (χ2n) is 5.66. The van der Waals surface area contributed by atoms with Gasteiger partial charge in [-0.05, 0) is 12.8 Å². The molecule has 5 nitrogen and oxygen atoms in total. The van der Waals surface area contributed by atoms with Gasteiger partial charge in [0.05, 0.1) is 0 Å². The average molecular weight is 352 g/mol. The Bertz CT molecular complexity index is 593. The average Bonchev–Trinajstić information content (AvgIpc) is 3.09. The fraction of sp³-hybridized carbons (Fsp3) is 0.643. The maximum Gasteiger partial charge on any atom is 0.485 e. The van der Waals surface area contributed by atoms with Crippen LogP contribution < -0.4 is 9.69 Å². The highest BCUT2D eigenvalue weighted by Crippen LogP contribution is 2.33. The molecule has 23 heavy (non-hydrogen) atoms. The summed E-state index contributed by atoms with van der Waals surface area (Å²) < 4.78 is 61.2. The first-order chi connectivity index (χ1) is 10.7. The monoisotopic (exact) mass is 352 g/mol. The van der Waals surface area contributed by atoms with Crippen LogP contribution in [0.2, 0.25) is 0 Å². The fourth-order valence-electron chi connectivity index (χ4n) is 2.92. The summed E-state index contributed by atoms with van der Waals surface area (Å²) in [5.41, 5.74) is -5.65. The molecular formula is C14H19F3N2O3S. The van der Waals surface area contributed by atoms with Crippen LogP contribution in [-0.4, -0.2) is 30.6 Å². The SMILES string of the molecule is O=S(=O)([O-])C(F)(F)F.c1cc[n+](N2C3CCCCCCC32)cc1. The molecule has 0 spiro atoms. The van der Waals surface area contributed by atoms with Crippen LogP contribution in [0.3, 0.4) is 0 Å². The molecule has 2 aliphatic rings. The van der Waals surface area contributed by atoms with Crippen molar-refractivity contribution >= 4 is 10.1 Å². The van der Waals surface area contributed by atoms with Crippen LogP contribution in [0.5, 0.6) is 0 Å². The minimum absolute atomic E-state index is 0.831. The molecule has 130 valence electrons. The first kappa shape index (κ1) is 18.0. The molecule has 2 fully saturated rings. The second kappa shape index (κ2) is 7.04. The topological polar surface area (TPSA) is 64.1 Å². The molecule has 3 rings (SSSR count). The molecule has 2 unspecified atom stereocenters. The van der Waals surface area contributed by atoms with Crippen LogP contribution in [0.25, 0.3) is 0 Å². The van der Waals surface area contributed by atoms with Gasteiger partial charge in [0.25, 0.3) is 0 Å². The van der Waals surface area contributed by atoms with E-state index in [0.29, 0.717) is 0 Å². The van der Waals surface area contributed by atoms with Gasteiger partial charge < -0.3 is 4.55 Å². The Morgan fingerprint density at radius 2 is 1.39 bits per heavy atom. The minimum Gasteiger partial charge on any atom is -0.741 e. The van der Waals surface area contributed by atoms with E-state index in [1.165, 1.54) is 38.5 Å². The van der Waals surface area contributed by atoms with E-state index >= 15 is 0 Å². The van der Waals surface area contributed by atoms with Gasteiger partial charge in [0, 0.05) is 12.1 Å². The Hall–Kier alpha value is -1.35. The van der Waals surface area contributed by atoms with E-state index in [4.69, 9.17) is 13.0 Å². The number of alkyl halides is 3. The summed E-state index contributed by atoms with van der Waals surface area (Å²) in [5.74, 6) is 0. The van der Waals surface area contributed by atoms with Crippen molar-refractivity contribution in [3.63, 3.8) is 0 Å². The van der Waals surface area contributed by atoms with Crippen molar-refractivity contribution in [2.75, 3.05) is 5.01 Å². The predicted octanol–water partition coefficient (Wildman–Crippen LogP) is 2.07. The van der Waals surface area contributed by atoms with Crippen LogP contribution in [-0.2, 0) is 10.1 Å². The highest BCUT2D eigenvalue weighted by molar-refractivity contribution is 7.86. The summed E-state index contributed by atoms with van der Waals surface area (Å²) in [6, 6.07) is 7.98. The third kappa shape index (κ3) is 4.81. The number of halogens is 3. The lowest BCUT2D eigenvalue weighted by molar-refractivity contribution is -0.679. The van der Waals surface area contributed by atoms with Crippen molar-refractivity contribution in [3.8, 4) is 0 Å². The van der Waals surface area contributed by atoms with Gasteiger partial charge in [-0.15, -0.1) is 0 Å². The number of rotatable bonds is 1. The van der Waals surface area contributed by atoms with Crippen molar-refractivity contribution in [2.24, 2.45) is 0 Å².